The van der Waals surface area contributed by atoms with Gasteiger partial charge in [0.1, 0.15) is 6.61 Å². The minimum atomic E-state index is -0.842. The third-order valence-corrected chi connectivity index (χ3v) is 4.13. The van der Waals surface area contributed by atoms with E-state index < -0.39 is 10.9 Å². The van der Waals surface area contributed by atoms with E-state index in [1.165, 1.54) is 23.9 Å². The lowest BCUT2D eigenvalue weighted by Gasteiger charge is -2.04. The monoisotopic (exact) mass is 371 g/mol. The predicted octanol–water partition coefficient (Wildman–Crippen LogP) is 3.60. The summed E-state index contributed by atoms with van der Waals surface area (Å²) in [6, 6.07) is 14.2. The number of rotatable bonds is 8. The largest absolute Gasteiger partial charge is 0.481 e. The molecule has 0 spiro atoms. The summed E-state index contributed by atoms with van der Waals surface area (Å²) in [6.45, 7) is 0.717. The molecule has 134 valence electrons. The van der Waals surface area contributed by atoms with Gasteiger partial charge in [-0.05, 0) is 28.8 Å². The van der Waals surface area contributed by atoms with Gasteiger partial charge < -0.3 is 9.84 Å². The highest BCUT2D eigenvalue weighted by Crippen LogP contribution is 2.22. The van der Waals surface area contributed by atoms with Gasteiger partial charge in [0.25, 0.3) is 5.69 Å². The van der Waals surface area contributed by atoms with E-state index in [9.17, 15) is 14.9 Å². The van der Waals surface area contributed by atoms with Crippen molar-refractivity contribution in [3.63, 3.8) is 0 Å². The van der Waals surface area contributed by atoms with E-state index in [1.807, 2.05) is 24.3 Å². The zero-order valence-electron chi connectivity index (χ0n) is 13.9. The molecular weight excluding hydrogens is 354 g/mol. The molecular formula is C19H17NO5S. The molecule has 0 amide bonds. The number of nitrogens with zero attached hydrogens (tertiary/aromatic N) is 1. The number of carboxylic acids is 1. The summed E-state index contributed by atoms with van der Waals surface area (Å²) in [5, 5.41) is 19.2. The Morgan fingerprint density at radius 2 is 1.69 bits per heavy atom. The number of non-ortho nitro benzene ring substituents is 1. The van der Waals surface area contributed by atoms with Gasteiger partial charge in [-0.25, -0.2) is 0 Å². The van der Waals surface area contributed by atoms with E-state index in [-0.39, 0.29) is 18.0 Å². The fraction of sp³-hybridized carbons (Fsp3) is 0.211. The van der Waals surface area contributed by atoms with Crippen molar-refractivity contribution in [1.29, 1.82) is 0 Å². The molecule has 0 saturated heterocycles. The maximum absolute atomic E-state index is 10.7. The van der Waals surface area contributed by atoms with Crippen LogP contribution in [0.25, 0.3) is 11.1 Å². The predicted molar refractivity (Wildman–Crippen MR) is 101 cm³/mol. The first-order valence-electron chi connectivity index (χ1n) is 7.73. The highest BCUT2D eigenvalue weighted by Gasteiger charge is 2.05. The lowest BCUT2D eigenvalue weighted by atomic mass is 10.0. The maximum atomic E-state index is 10.7. The van der Waals surface area contributed by atoms with Crippen LogP contribution in [-0.4, -0.2) is 34.1 Å². The van der Waals surface area contributed by atoms with Crippen molar-refractivity contribution in [2.45, 2.75) is 6.61 Å². The van der Waals surface area contributed by atoms with Crippen LogP contribution in [0.5, 0.6) is 0 Å². The van der Waals surface area contributed by atoms with E-state index >= 15 is 0 Å². The Balaban J connectivity index is 1.78. The number of benzene rings is 2. The molecule has 2 aromatic rings. The summed E-state index contributed by atoms with van der Waals surface area (Å²) in [7, 11) is 0. The minimum Gasteiger partial charge on any atom is -0.481 e. The van der Waals surface area contributed by atoms with Crippen LogP contribution >= 0.6 is 11.8 Å². The van der Waals surface area contributed by atoms with Gasteiger partial charge >= 0.3 is 5.97 Å². The number of hydrogen-bond acceptors (Lipinski definition) is 5. The Labute approximate surface area is 155 Å². The van der Waals surface area contributed by atoms with Gasteiger partial charge in [0.2, 0.25) is 0 Å². The van der Waals surface area contributed by atoms with Gasteiger partial charge in [0.05, 0.1) is 23.0 Å². The summed E-state index contributed by atoms with van der Waals surface area (Å²) < 4.78 is 5.46. The second-order valence-electron chi connectivity index (χ2n) is 5.23. The summed E-state index contributed by atoms with van der Waals surface area (Å²) in [4.78, 5) is 20.6. The molecule has 1 N–H and O–H groups in total. The zero-order chi connectivity index (χ0) is 18.8. The van der Waals surface area contributed by atoms with Crippen molar-refractivity contribution in [2.24, 2.45) is 0 Å². The molecule has 0 fully saturated rings. The minimum absolute atomic E-state index is 0.0522. The summed E-state index contributed by atoms with van der Waals surface area (Å²) >= 11 is 1.25. The molecule has 0 aliphatic carbocycles. The maximum Gasteiger partial charge on any atom is 0.313 e. The molecule has 0 aromatic heterocycles. The Kier molecular flexibility index (Phi) is 7.68. The van der Waals surface area contributed by atoms with Crippen LogP contribution < -0.4 is 0 Å². The standard InChI is InChI=1S/C19H17NO5S/c21-19(22)14-26-12-2-1-11-25-13-15-3-5-16(6-4-15)17-7-9-18(10-8-17)20(23)24/h3-10H,11-14H2,(H,21,22). The number of aliphatic carboxylic acids is 1. The van der Waals surface area contributed by atoms with Crippen LogP contribution in [0.1, 0.15) is 5.56 Å². The summed E-state index contributed by atoms with van der Waals surface area (Å²) in [6.07, 6.45) is 0. The molecule has 0 atom stereocenters. The Bertz CT molecular complexity index is 807. The smallest absolute Gasteiger partial charge is 0.313 e. The molecule has 0 radical (unpaired) electrons. The quantitative estimate of drug-likeness (QED) is 0.330. The number of nitro groups is 1. The molecule has 2 aromatic carbocycles. The van der Waals surface area contributed by atoms with Crippen molar-refractivity contribution in [1.82, 2.24) is 0 Å². The number of hydrogen-bond donors (Lipinski definition) is 1. The fourth-order valence-electron chi connectivity index (χ4n) is 2.08. The van der Waals surface area contributed by atoms with Gasteiger partial charge in [-0.3, -0.25) is 14.9 Å². The first-order chi connectivity index (χ1) is 12.6. The second-order valence-corrected chi connectivity index (χ2v) is 6.22. The molecule has 0 aliphatic heterocycles. The first-order valence-corrected chi connectivity index (χ1v) is 8.88. The van der Waals surface area contributed by atoms with Crippen molar-refractivity contribution >= 4 is 23.4 Å². The zero-order valence-corrected chi connectivity index (χ0v) is 14.7. The van der Waals surface area contributed by atoms with Gasteiger partial charge in [-0.2, -0.15) is 0 Å². The van der Waals surface area contributed by atoms with E-state index in [2.05, 4.69) is 11.8 Å². The molecule has 0 heterocycles. The third-order valence-electron chi connectivity index (χ3n) is 3.33. The lowest BCUT2D eigenvalue weighted by molar-refractivity contribution is -0.384. The van der Waals surface area contributed by atoms with Crippen LogP contribution in [0.2, 0.25) is 0 Å². The van der Waals surface area contributed by atoms with E-state index in [0.29, 0.717) is 12.4 Å². The Morgan fingerprint density at radius 3 is 2.27 bits per heavy atom. The van der Waals surface area contributed by atoms with Crippen LogP contribution in [0.15, 0.2) is 48.5 Å². The van der Waals surface area contributed by atoms with E-state index in [4.69, 9.17) is 9.84 Å². The van der Waals surface area contributed by atoms with E-state index in [0.717, 1.165) is 16.7 Å². The molecule has 6 nitrogen and oxygen atoms in total. The molecule has 26 heavy (non-hydrogen) atoms. The molecule has 0 saturated carbocycles. The van der Waals surface area contributed by atoms with E-state index in [1.54, 1.807) is 12.1 Å². The van der Waals surface area contributed by atoms with Gasteiger partial charge in [-0.15, -0.1) is 11.8 Å². The molecule has 2 rings (SSSR count). The van der Waals surface area contributed by atoms with Gasteiger partial charge in [0, 0.05) is 12.1 Å². The average molecular weight is 371 g/mol. The molecule has 0 aliphatic rings. The number of carboxylic acid groups (broad SMARTS) is 1. The number of ether oxygens (including phenoxy) is 1. The summed E-state index contributed by atoms with van der Waals surface area (Å²) in [5.74, 6) is 5.37. The number of nitro benzene ring substituents is 1. The topological polar surface area (TPSA) is 89.7 Å². The van der Waals surface area contributed by atoms with Crippen LogP contribution in [0, 0.1) is 22.0 Å². The third kappa shape index (κ3) is 6.59. The van der Waals surface area contributed by atoms with Crippen molar-refractivity contribution in [3.05, 3.63) is 64.2 Å². The summed E-state index contributed by atoms with van der Waals surface area (Å²) in [5.41, 5.74) is 2.95. The van der Waals surface area contributed by atoms with Gasteiger partial charge in [0.15, 0.2) is 0 Å². The Hall–Kier alpha value is -2.82. The van der Waals surface area contributed by atoms with Crippen LogP contribution in [-0.2, 0) is 16.1 Å². The molecule has 7 heteroatoms. The fourth-order valence-corrected chi connectivity index (χ4v) is 2.56. The van der Waals surface area contributed by atoms with Gasteiger partial charge in [-0.1, -0.05) is 36.1 Å². The Morgan fingerprint density at radius 1 is 1.08 bits per heavy atom. The molecule has 0 unspecified atom stereocenters. The van der Waals surface area contributed by atoms with Crippen molar-refractivity contribution in [3.8, 4) is 23.0 Å². The normalized spacial score (nSPS) is 10.0. The van der Waals surface area contributed by atoms with Crippen LogP contribution in [0.4, 0.5) is 5.69 Å². The van der Waals surface area contributed by atoms with Crippen molar-refractivity contribution < 1.29 is 19.6 Å². The number of carbonyl (C=O) groups is 1. The second kappa shape index (κ2) is 10.2. The highest BCUT2D eigenvalue weighted by molar-refractivity contribution is 8.00. The first kappa shape index (κ1) is 19.5. The van der Waals surface area contributed by atoms with Crippen LogP contribution in [0.3, 0.4) is 0 Å². The number of thioether (sulfide) groups is 1. The highest BCUT2D eigenvalue weighted by atomic mass is 32.2. The average Bonchev–Trinajstić information content (AvgIpc) is 2.64. The SMILES string of the molecule is O=C(O)CSCC#CCOCc1ccc(-c2ccc([N+](=O)[O-])cc2)cc1. The van der Waals surface area contributed by atoms with Crippen molar-refractivity contribution in [2.75, 3.05) is 18.1 Å². The molecule has 0 bridgehead atoms. The lowest BCUT2D eigenvalue weighted by Crippen LogP contribution is -1.98.